The van der Waals surface area contributed by atoms with Crippen LogP contribution in [0.5, 0.6) is 0 Å². The van der Waals surface area contributed by atoms with Crippen molar-refractivity contribution in [3.8, 4) is 0 Å². The number of nitrogens with one attached hydrogen (secondary N) is 2. The molecule has 0 bridgehead atoms. The van der Waals surface area contributed by atoms with Crippen LogP contribution in [0.4, 0.5) is 17.6 Å². The number of aliphatic hydroxyl groups is 2. The number of amides is 1. The molecule has 0 aromatic carbocycles. The lowest BCUT2D eigenvalue weighted by Crippen LogP contribution is -2.38. The number of alkyl halides is 4. The molecule has 1 fully saturated rings. The molecule has 0 radical (unpaired) electrons. The molecule has 4 atom stereocenters. The van der Waals surface area contributed by atoms with E-state index in [-0.39, 0.29) is 24.9 Å². The van der Waals surface area contributed by atoms with Crippen LogP contribution >= 0.6 is 0 Å². The van der Waals surface area contributed by atoms with Gasteiger partial charge in [0.2, 0.25) is 0 Å². The first-order valence-electron chi connectivity index (χ1n) is 7.84. The predicted molar refractivity (Wildman–Crippen MR) is 80.6 cm³/mol. The molecule has 4 N–H and O–H groups in total. The van der Waals surface area contributed by atoms with Gasteiger partial charge in [-0.3, -0.25) is 19.1 Å². The summed E-state index contributed by atoms with van der Waals surface area (Å²) < 4.78 is 56.1. The quantitative estimate of drug-likeness (QED) is 0.349. The summed E-state index contributed by atoms with van der Waals surface area (Å²) in [5, 5.41) is 20.3. The highest BCUT2D eigenvalue weighted by atomic mass is 19.4. The first kappa shape index (κ1) is 21.1. The molecule has 1 aliphatic heterocycles. The Hall–Kier alpha value is -2.25. The van der Waals surface area contributed by atoms with Gasteiger partial charge >= 0.3 is 17.8 Å². The molecule has 1 aromatic heterocycles. The van der Waals surface area contributed by atoms with E-state index in [4.69, 9.17) is 9.84 Å². The van der Waals surface area contributed by atoms with Crippen molar-refractivity contribution in [2.45, 2.75) is 43.6 Å². The third kappa shape index (κ3) is 4.73. The Morgan fingerprint density at radius 3 is 2.59 bits per heavy atom. The number of carbonyl (C=O) groups is 1. The molecule has 1 unspecified atom stereocenters. The molecule has 1 amide bonds. The number of carbonyl (C=O) groups excluding carboxylic acids is 1. The monoisotopic (exact) mass is 399 g/mol. The number of hydrogen-bond acceptors (Lipinski definition) is 6. The summed E-state index contributed by atoms with van der Waals surface area (Å²) in [5.41, 5.74) is -1.91. The molecule has 0 aliphatic carbocycles. The lowest BCUT2D eigenvalue weighted by atomic mass is 10.1. The van der Waals surface area contributed by atoms with Crippen LogP contribution in [0.15, 0.2) is 15.8 Å². The van der Waals surface area contributed by atoms with E-state index in [9.17, 15) is 37.1 Å². The molecule has 13 heteroatoms. The molecule has 2 heterocycles. The van der Waals surface area contributed by atoms with Crippen molar-refractivity contribution in [2.24, 2.45) is 0 Å². The molecule has 152 valence electrons. The number of aliphatic hydroxyl groups excluding tert-OH is 2. The van der Waals surface area contributed by atoms with Crippen molar-refractivity contribution < 1.29 is 37.3 Å². The summed E-state index contributed by atoms with van der Waals surface area (Å²) in [6.45, 7) is -1.07. The van der Waals surface area contributed by atoms with E-state index in [1.807, 2.05) is 4.98 Å². The van der Waals surface area contributed by atoms with Gasteiger partial charge in [0.05, 0.1) is 6.61 Å². The van der Waals surface area contributed by atoms with Crippen LogP contribution in [0.3, 0.4) is 0 Å². The highest BCUT2D eigenvalue weighted by molar-refractivity contribution is 5.81. The van der Waals surface area contributed by atoms with Crippen LogP contribution < -0.4 is 16.6 Å². The standard InChI is InChI=1S/C14H17F4N3O6/c15-8-9(23)7(5-22)27-11(8)21-4-6(10(24)20-13(21)26)2-1-3-19-12(25)14(16,17)18/h4,7-9,11,22-23H,1-3,5H2,(H,19,25)(H,20,24,26)/t7-,8+,9?,11-/m1/s1. The maximum atomic E-state index is 14.1. The van der Waals surface area contributed by atoms with Crippen molar-refractivity contribution in [3.63, 3.8) is 0 Å². The summed E-state index contributed by atoms with van der Waals surface area (Å²) in [6, 6.07) is 0. The molecule has 1 saturated heterocycles. The molecular formula is C14H17F4N3O6. The van der Waals surface area contributed by atoms with Crippen LogP contribution in [-0.4, -0.2) is 63.4 Å². The highest BCUT2D eigenvalue weighted by Gasteiger charge is 2.45. The number of aromatic nitrogens is 2. The third-order valence-corrected chi connectivity index (χ3v) is 3.96. The average molecular weight is 399 g/mol. The topological polar surface area (TPSA) is 134 Å². The molecule has 27 heavy (non-hydrogen) atoms. The van der Waals surface area contributed by atoms with Gasteiger partial charge in [-0.2, -0.15) is 13.2 Å². The molecule has 1 aliphatic rings. The minimum atomic E-state index is -5.02. The lowest BCUT2D eigenvalue weighted by molar-refractivity contribution is -0.173. The van der Waals surface area contributed by atoms with Crippen LogP contribution in [0.2, 0.25) is 0 Å². The van der Waals surface area contributed by atoms with Crippen LogP contribution in [0.25, 0.3) is 0 Å². The fourth-order valence-electron chi connectivity index (χ4n) is 2.55. The first-order chi connectivity index (χ1) is 12.6. The van der Waals surface area contributed by atoms with Crippen molar-refractivity contribution >= 4 is 5.91 Å². The van der Waals surface area contributed by atoms with E-state index in [0.29, 0.717) is 4.57 Å². The molecule has 2 rings (SSSR count). The minimum absolute atomic E-state index is 0.0599. The second-order valence-electron chi connectivity index (χ2n) is 5.86. The maximum absolute atomic E-state index is 14.1. The van der Waals surface area contributed by atoms with E-state index >= 15 is 0 Å². The number of rotatable bonds is 6. The normalized spacial score (nSPS) is 25.6. The number of aryl methyl sites for hydroxylation is 1. The zero-order valence-corrected chi connectivity index (χ0v) is 13.7. The van der Waals surface area contributed by atoms with Crippen LogP contribution in [0, 0.1) is 0 Å². The number of aromatic amines is 1. The van der Waals surface area contributed by atoms with Gasteiger partial charge in [-0.15, -0.1) is 0 Å². The SMILES string of the molecule is O=C(NCCCc1cn([C@@H]2O[C@H](CO)C(O)[C@@H]2F)c(=O)[nH]c1=O)C(F)(F)F. The third-order valence-electron chi connectivity index (χ3n) is 3.96. The first-order valence-corrected chi connectivity index (χ1v) is 7.84. The Labute approximate surface area is 148 Å². The second kappa shape index (κ2) is 8.19. The summed E-state index contributed by atoms with van der Waals surface area (Å²) in [7, 11) is 0. The smallest absolute Gasteiger partial charge is 0.394 e. The van der Waals surface area contributed by atoms with Crippen molar-refractivity contribution in [2.75, 3.05) is 13.2 Å². The van der Waals surface area contributed by atoms with Crippen molar-refractivity contribution in [1.82, 2.24) is 14.9 Å². The fraction of sp³-hybridized carbons (Fsp3) is 0.643. The Balaban J connectivity index is 2.09. The molecular weight excluding hydrogens is 382 g/mol. The second-order valence-corrected chi connectivity index (χ2v) is 5.86. The van der Waals surface area contributed by atoms with Gasteiger partial charge in [-0.05, 0) is 12.8 Å². The Morgan fingerprint density at radius 1 is 1.37 bits per heavy atom. The largest absolute Gasteiger partial charge is 0.471 e. The summed E-state index contributed by atoms with van der Waals surface area (Å²) in [6.07, 6.45) is -10.8. The maximum Gasteiger partial charge on any atom is 0.471 e. The van der Waals surface area contributed by atoms with Gasteiger partial charge < -0.3 is 20.3 Å². The molecule has 9 nitrogen and oxygen atoms in total. The van der Waals surface area contributed by atoms with Gasteiger partial charge in [0, 0.05) is 18.3 Å². The number of hydrogen-bond donors (Lipinski definition) is 4. The van der Waals surface area contributed by atoms with Crippen LogP contribution in [-0.2, 0) is 16.0 Å². The van der Waals surface area contributed by atoms with E-state index in [2.05, 4.69) is 0 Å². The average Bonchev–Trinajstić information content (AvgIpc) is 2.87. The Kier molecular flexibility index (Phi) is 6.38. The molecule has 1 aromatic rings. The van der Waals surface area contributed by atoms with Gasteiger partial charge in [0.15, 0.2) is 12.4 Å². The summed E-state index contributed by atoms with van der Waals surface area (Å²) >= 11 is 0. The summed E-state index contributed by atoms with van der Waals surface area (Å²) in [4.78, 5) is 36.3. The molecule has 0 spiro atoms. The van der Waals surface area contributed by atoms with Crippen LogP contribution in [0.1, 0.15) is 18.2 Å². The lowest BCUT2D eigenvalue weighted by Gasteiger charge is -2.16. The van der Waals surface area contributed by atoms with Gasteiger partial charge in [-0.25, -0.2) is 9.18 Å². The van der Waals surface area contributed by atoms with Gasteiger partial charge in [0.25, 0.3) is 5.56 Å². The fourth-order valence-corrected chi connectivity index (χ4v) is 2.55. The number of ether oxygens (including phenoxy) is 1. The highest BCUT2D eigenvalue weighted by Crippen LogP contribution is 2.30. The Bertz CT molecular complexity index is 792. The van der Waals surface area contributed by atoms with E-state index in [1.54, 1.807) is 5.32 Å². The van der Waals surface area contributed by atoms with E-state index in [0.717, 1.165) is 6.20 Å². The number of halogens is 4. The van der Waals surface area contributed by atoms with Gasteiger partial charge in [-0.1, -0.05) is 0 Å². The predicted octanol–water partition coefficient (Wildman–Crippen LogP) is -1.26. The van der Waals surface area contributed by atoms with E-state index in [1.165, 1.54) is 0 Å². The zero-order valence-electron chi connectivity index (χ0n) is 13.7. The van der Waals surface area contributed by atoms with E-state index < -0.39 is 54.5 Å². The van der Waals surface area contributed by atoms with Gasteiger partial charge in [0.1, 0.15) is 12.2 Å². The summed E-state index contributed by atoms with van der Waals surface area (Å²) in [5.74, 6) is -2.12. The molecule has 0 saturated carbocycles. The minimum Gasteiger partial charge on any atom is -0.394 e. The van der Waals surface area contributed by atoms with Crippen molar-refractivity contribution in [1.29, 1.82) is 0 Å². The van der Waals surface area contributed by atoms with Crippen molar-refractivity contribution in [3.05, 3.63) is 32.6 Å². The zero-order chi connectivity index (χ0) is 20.4. The number of H-pyrrole nitrogens is 1. The Morgan fingerprint density at radius 2 is 2.04 bits per heavy atom. The number of nitrogens with zero attached hydrogens (tertiary/aromatic N) is 1.